The Morgan fingerprint density at radius 3 is 2.57 bits per heavy atom. The van der Waals surface area contributed by atoms with Crippen LogP contribution in [0.3, 0.4) is 0 Å². The molecule has 0 unspecified atom stereocenters. The Morgan fingerprint density at radius 2 is 1.89 bits per heavy atom. The Morgan fingerprint density at radius 1 is 1.14 bits per heavy atom. The summed E-state index contributed by atoms with van der Waals surface area (Å²) >= 11 is 0. The molecule has 0 bridgehead atoms. The average Bonchev–Trinajstić information content (AvgIpc) is 3.37. The molecule has 0 aliphatic rings. The van der Waals surface area contributed by atoms with Crippen LogP contribution in [0.25, 0.3) is 33.3 Å². The number of hydrogen-bond donors (Lipinski definition) is 2. The Bertz CT molecular complexity index is 1570. The van der Waals surface area contributed by atoms with Gasteiger partial charge in [0.05, 0.1) is 33.7 Å². The lowest BCUT2D eigenvalue weighted by Gasteiger charge is -2.20. The van der Waals surface area contributed by atoms with E-state index < -0.39 is 12.3 Å². The Kier molecular flexibility index (Phi) is 5.12. The van der Waals surface area contributed by atoms with E-state index in [9.17, 15) is 23.1 Å². The second kappa shape index (κ2) is 8.05. The van der Waals surface area contributed by atoms with Crippen LogP contribution >= 0.6 is 0 Å². The molecule has 0 radical (unpaired) electrons. The zero-order chi connectivity index (χ0) is 24.9. The molecule has 0 aliphatic carbocycles. The maximum atomic E-state index is 12.5. The molecule has 0 spiro atoms. The lowest BCUT2D eigenvalue weighted by molar-refractivity contribution is -0.274. The lowest BCUT2D eigenvalue weighted by atomic mass is 10.1. The number of aryl methyl sites for hydroxylation is 1. The minimum atomic E-state index is -4.76. The number of nitrogens with zero attached hydrogens (tertiary/aromatic N) is 4. The quantitative estimate of drug-likeness (QED) is 0.345. The molecule has 0 atom stereocenters. The van der Waals surface area contributed by atoms with Gasteiger partial charge < -0.3 is 19.7 Å². The number of nitrogens with one attached hydrogen (secondary N) is 1. The summed E-state index contributed by atoms with van der Waals surface area (Å²) in [6, 6.07) is 14.4. The smallest absolute Gasteiger partial charge is 0.478 e. The van der Waals surface area contributed by atoms with Gasteiger partial charge in [0.25, 0.3) is 0 Å². The van der Waals surface area contributed by atoms with Gasteiger partial charge in [-0.15, -0.1) is 13.2 Å². The molecule has 0 saturated heterocycles. The first kappa shape index (κ1) is 22.3. The normalized spacial score (nSPS) is 11.8. The van der Waals surface area contributed by atoms with Crippen molar-refractivity contribution in [3.05, 3.63) is 66.4 Å². The Balaban J connectivity index is 1.57. The fourth-order valence-corrected chi connectivity index (χ4v) is 4.13. The molecular weight excluding hydrogens is 463 g/mol. The predicted octanol–water partition coefficient (Wildman–Crippen LogP) is 5.48. The fourth-order valence-electron chi connectivity index (χ4n) is 4.13. The number of anilines is 2. The van der Waals surface area contributed by atoms with Crippen molar-refractivity contribution in [3.8, 4) is 17.1 Å². The number of fused-ring (bicyclic) bond motifs is 2. The van der Waals surface area contributed by atoms with E-state index in [4.69, 9.17) is 0 Å². The summed E-state index contributed by atoms with van der Waals surface area (Å²) in [7, 11) is 3.56. The van der Waals surface area contributed by atoms with Gasteiger partial charge in [0.1, 0.15) is 11.3 Å². The van der Waals surface area contributed by atoms with E-state index in [1.165, 1.54) is 36.5 Å². The number of alkyl halides is 3. The fraction of sp³-hybridized carbons (Fsp3) is 0.125. The van der Waals surface area contributed by atoms with Crippen molar-refractivity contribution >= 4 is 39.3 Å². The van der Waals surface area contributed by atoms with E-state index in [-0.39, 0.29) is 11.3 Å². The molecule has 0 saturated carbocycles. The number of rotatable bonds is 5. The summed E-state index contributed by atoms with van der Waals surface area (Å²) < 4.78 is 43.0. The van der Waals surface area contributed by atoms with Crippen molar-refractivity contribution < 1.29 is 27.8 Å². The standard InChI is InChI=1S/C24H18F3N5O3/c1-31(13-6-8-14(9-7-13)35-24(25,26)27)19-5-3-4-15-21(19)30-32(2)22(15)18-12-17-20(29-18)16(23(33)34)10-11-28-17/h3-12,29H,1-2H3,(H,33,34). The van der Waals surface area contributed by atoms with Gasteiger partial charge in [-0.05, 0) is 42.5 Å². The number of benzene rings is 2. The molecular formula is C24H18F3N5O3. The minimum Gasteiger partial charge on any atom is -0.478 e. The minimum absolute atomic E-state index is 0.117. The van der Waals surface area contributed by atoms with Gasteiger partial charge in [-0.25, -0.2) is 4.79 Å². The number of aromatic amines is 1. The SMILES string of the molecule is CN(c1ccc(OC(F)(F)F)cc1)c1cccc2c(-c3cc4nccc(C(=O)O)c4[nH]3)n(C)nc12. The molecule has 11 heteroatoms. The predicted molar refractivity (Wildman–Crippen MR) is 124 cm³/mol. The van der Waals surface area contributed by atoms with Crippen molar-refractivity contribution in [1.82, 2.24) is 19.7 Å². The van der Waals surface area contributed by atoms with Crippen LogP contribution in [0.15, 0.2) is 60.8 Å². The third-order valence-electron chi connectivity index (χ3n) is 5.67. The monoisotopic (exact) mass is 481 g/mol. The van der Waals surface area contributed by atoms with Crippen LogP contribution in [-0.4, -0.2) is 44.2 Å². The second-order valence-corrected chi connectivity index (χ2v) is 7.85. The largest absolute Gasteiger partial charge is 0.573 e. The highest BCUT2D eigenvalue weighted by Gasteiger charge is 2.31. The van der Waals surface area contributed by atoms with Gasteiger partial charge in [0, 0.05) is 31.4 Å². The molecule has 0 fully saturated rings. The van der Waals surface area contributed by atoms with Gasteiger partial charge >= 0.3 is 12.3 Å². The van der Waals surface area contributed by atoms with Crippen molar-refractivity contribution in [3.63, 3.8) is 0 Å². The molecule has 178 valence electrons. The van der Waals surface area contributed by atoms with Gasteiger partial charge in [-0.2, -0.15) is 5.10 Å². The number of carboxylic acids is 1. The third kappa shape index (κ3) is 4.01. The summed E-state index contributed by atoms with van der Waals surface area (Å²) in [5.41, 5.74) is 4.47. The van der Waals surface area contributed by atoms with Crippen LogP contribution in [0.4, 0.5) is 24.5 Å². The summed E-state index contributed by atoms with van der Waals surface area (Å²) in [6.45, 7) is 0. The summed E-state index contributed by atoms with van der Waals surface area (Å²) in [5, 5.41) is 15.0. The maximum Gasteiger partial charge on any atom is 0.573 e. The summed E-state index contributed by atoms with van der Waals surface area (Å²) in [4.78, 5) is 20.8. The van der Waals surface area contributed by atoms with Gasteiger partial charge in [0.2, 0.25) is 0 Å². The van der Waals surface area contributed by atoms with Crippen molar-refractivity contribution in [2.45, 2.75) is 6.36 Å². The first-order chi connectivity index (χ1) is 16.6. The van der Waals surface area contributed by atoms with Crippen molar-refractivity contribution in [1.29, 1.82) is 0 Å². The number of aromatic nitrogens is 4. The topological polar surface area (TPSA) is 96.3 Å². The van der Waals surface area contributed by atoms with Crippen LogP contribution in [0.1, 0.15) is 10.4 Å². The molecule has 8 nitrogen and oxygen atoms in total. The second-order valence-electron chi connectivity index (χ2n) is 7.85. The molecule has 0 amide bonds. The van der Waals surface area contributed by atoms with E-state index >= 15 is 0 Å². The number of ether oxygens (including phenoxy) is 1. The number of aromatic carboxylic acids is 1. The maximum absolute atomic E-state index is 12.5. The summed E-state index contributed by atoms with van der Waals surface area (Å²) in [6.07, 6.45) is -3.31. The van der Waals surface area contributed by atoms with E-state index in [1.807, 2.05) is 23.1 Å². The number of carboxylic acid groups (broad SMARTS) is 1. The van der Waals surface area contributed by atoms with Gasteiger partial charge in [0.15, 0.2) is 0 Å². The molecule has 5 rings (SSSR count). The van der Waals surface area contributed by atoms with E-state index in [0.29, 0.717) is 27.9 Å². The zero-order valence-electron chi connectivity index (χ0n) is 18.5. The molecule has 3 aromatic heterocycles. The summed E-state index contributed by atoms with van der Waals surface area (Å²) in [5.74, 6) is -1.36. The Labute approximate surface area is 196 Å². The number of hydrogen-bond acceptors (Lipinski definition) is 5. The zero-order valence-corrected chi connectivity index (χ0v) is 18.5. The highest BCUT2D eigenvalue weighted by molar-refractivity contribution is 6.05. The molecule has 5 aromatic rings. The van der Waals surface area contributed by atoms with E-state index in [2.05, 4.69) is 19.8 Å². The number of H-pyrrole nitrogens is 1. The Hall–Kier alpha value is -4.54. The van der Waals surface area contributed by atoms with E-state index in [0.717, 1.165) is 16.8 Å². The highest BCUT2D eigenvalue weighted by atomic mass is 19.4. The van der Waals surface area contributed by atoms with Crippen molar-refractivity contribution in [2.75, 3.05) is 11.9 Å². The lowest BCUT2D eigenvalue weighted by Crippen LogP contribution is -2.17. The van der Waals surface area contributed by atoms with Crippen LogP contribution in [0.2, 0.25) is 0 Å². The molecule has 0 aliphatic heterocycles. The molecule has 35 heavy (non-hydrogen) atoms. The first-order valence-electron chi connectivity index (χ1n) is 10.4. The first-order valence-corrected chi connectivity index (χ1v) is 10.4. The van der Waals surface area contributed by atoms with Crippen LogP contribution in [0, 0.1) is 0 Å². The van der Waals surface area contributed by atoms with Gasteiger partial charge in [-0.1, -0.05) is 12.1 Å². The number of pyridine rings is 1. The van der Waals surface area contributed by atoms with Crippen LogP contribution < -0.4 is 9.64 Å². The number of halogens is 3. The third-order valence-corrected chi connectivity index (χ3v) is 5.67. The number of carbonyl (C=O) groups is 1. The molecule has 2 aromatic carbocycles. The van der Waals surface area contributed by atoms with Gasteiger partial charge in [-0.3, -0.25) is 9.67 Å². The molecule has 3 heterocycles. The molecule has 2 N–H and O–H groups in total. The highest BCUT2D eigenvalue weighted by Crippen LogP contribution is 2.37. The van der Waals surface area contributed by atoms with Crippen molar-refractivity contribution in [2.24, 2.45) is 7.05 Å². The van der Waals surface area contributed by atoms with Crippen LogP contribution in [0.5, 0.6) is 5.75 Å². The average molecular weight is 481 g/mol. The van der Waals surface area contributed by atoms with Crippen LogP contribution in [-0.2, 0) is 7.05 Å². The van der Waals surface area contributed by atoms with E-state index in [1.54, 1.807) is 24.8 Å².